The van der Waals surface area contributed by atoms with Crippen LogP contribution in [0.4, 0.5) is 0 Å². The lowest BCUT2D eigenvalue weighted by Gasteiger charge is -2.19. The Labute approximate surface area is 127 Å². The fourth-order valence-corrected chi connectivity index (χ4v) is 3.01. The molecular formula is C18H25N3. The Morgan fingerprint density at radius 2 is 1.90 bits per heavy atom. The van der Waals surface area contributed by atoms with Gasteiger partial charge in [-0.1, -0.05) is 45.0 Å². The van der Waals surface area contributed by atoms with E-state index in [1.807, 2.05) is 0 Å². The van der Waals surface area contributed by atoms with Crippen LogP contribution in [0.25, 0.3) is 0 Å². The molecule has 1 N–H and O–H groups in total. The van der Waals surface area contributed by atoms with Gasteiger partial charge in [-0.15, -0.1) is 0 Å². The van der Waals surface area contributed by atoms with E-state index in [9.17, 15) is 0 Å². The summed E-state index contributed by atoms with van der Waals surface area (Å²) < 4.78 is 2.19. The highest BCUT2D eigenvalue weighted by Gasteiger charge is 2.18. The molecule has 0 amide bonds. The van der Waals surface area contributed by atoms with E-state index in [4.69, 9.17) is 5.10 Å². The average molecular weight is 283 g/mol. The zero-order valence-corrected chi connectivity index (χ0v) is 13.5. The number of aryl methyl sites for hydroxylation is 1. The lowest BCUT2D eigenvalue weighted by molar-refractivity contribution is 0.579. The molecule has 1 aliphatic heterocycles. The van der Waals surface area contributed by atoms with Crippen LogP contribution in [0.5, 0.6) is 0 Å². The van der Waals surface area contributed by atoms with E-state index in [-0.39, 0.29) is 5.41 Å². The maximum Gasteiger partial charge on any atom is 0.0662 e. The Bertz CT molecular complexity index is 630. The second kappa shape index (κ2) is 5.30. The number of benzene rings is 1. The normalized spacial score (nSPS) is 15.0. The minimum atomic E-state index is 0.214. The summed E-state index contributed by atoms with van der Waals surface area (Å²) in [5, 5.41) is 8.17. The van der Waals surface area contributed by atoms with Crippen molar-refractivity contribution in [3.63, 3.8) is 0 Å². The first kappa shape index (κ1) is 14.3. The Kier molecular flexibility index (Phi) is 3.62. The van der Waals surface area contributed by atoms with Crippen LogP contribution in [0, 0.1) is 6.92 Å². The number of fused-ring (bicyclic) bond motifs is 1. The van der Waals surface area contributed by atoms with Gasteiger partial charge < -0.3 is 5.32 Å². The van der Waals surface area contributed by atoms with Crippen molar-refractivity contribution < 1.29 is 0 Å². The van der Waals surface area contributed by atoms with Crippen LogP contribution in [-0.4, -0.2) is 16.3 Å². The van der Waals surface area contributed by atoms with Gasteiger partial charge in [-0.3, -0.25) is 4.68 Å². The fourth-order valence-electron chi connectivity index (χ4n) is 3.01. The van der Waals surface area contributed by atoms with Gasteiger partial charge in [0.25, 0.3) is 0 Å². The van der Waals surface area contributed by atoms with Gasteiger partial charge in [0.1, 0.15) is 0 Å². The summed E-state index contributed by atoms with van der Waals surface area (Å²) in [6.07, 6.45) is 1.08. The van der Waals surface area contributed by atoms with E-state index < -0.39 is 0 Å². The van der Waals surface area contributed by atoms with Gasteiger partial charge in [0.15, 0.2) is 0 Å². The molecule has 0 fully saturated rings. The van der Waals surface area contributed by atoms with Gasteiger partial charge in [-0.05, 0) is 23.5 Å². The maximum atomic E-state index is 4.74. The molecule has 1 aromatic carbocycles. The first-order valence-corrected chi connectivity index (χ1v) is 7.80. The summed E-state index contributed by atoms with van der Waals surface area (Å²) in [6.45, 7) is 11.8. The van der Waals surface area contributed by atoms with E-state index in [0.29, 0.717) is 0 Å². The monoisotopic (exact) mass is 283 g/mol. The molecule has 0 spiro atoms. The topological polar surface area (TPSA) is 29.9 Å². The summed E-state index contributed by atoms with van der Waals surface area (Å²) in [5.74, 6) is 0. The predicted molar refractivity (Wildman–Crippen MR) is 86.6 cm³/mol. The molecule has 0 saturated carbocycles. The molecule has 0 unspecified atom stereocenters. The predicted octanol–water partition coefficient (Wildman–Crippen LogP) is 3.18. The fraction of sp³-hybridized carbons (Fsp3) is 0.500. The van der Waals surface area contributed by atoms with Gasteiger partial charge in [-0.2, -0.15) is 5.10 Å². The largest absolute Gasteiger partial charge is 0.312 e. The lowest BCUT2D eigenvalue weighted by Crippen LogP contribution is -2.25. The smallest absolute Gasteiger partial charge is 0.0662 e. The number of hydrogen-bond acceptors (Lipinski definition) is 2. The summed E-state index contributed by atoms with van der Waals surface area (Å²) in [7, 11) is 0. The van der Waals surface area contributed by atoms with Crippen LogP contribution in [-0.2, 0) is 24.9 Å². The third-order valence-electron chi connectivity index (χ3n) is 4.36. The van der Waals surface area contributed by atoms with Crippen molar-refractivity contribution in [2.45, 2.75) is 52.6 Å². The van der Waals surface area contributed by atoms with Crippen LogP contribution in [0.2, 0.25) is 0 Å². The van der Waals surface area contributed by atoms with Crippen molar-refractivity contribution in [1.29, 1.82) is 0 Å². The first-order chi connectivity index (χ1) is 9.95. The second-order valence-corrected chi connectivity index (χ2v) is 7.04. The standard InChI is InChI=1S/C18H25N3/c1-13-16-11-19-10-9-17(16)21(20-13)12-14-5-7-15(8-6-14)18(2,3)4/h5-8,19H,9-12H2,1-4H3. The van der Waals surface area contributed by atoms with E-state index in [0.717, 1.165) is 26.1 Å². The van der Waals surface area contributed by atoms with Crippen molar-refractivity contribution in [3.05, 3.63) is 52.3 Å². The summed E-state index contributed by atoms with van der Waals surface area (Å²) in [6, 6.07) is 8.98. The van der Waals surface area contributed by atoms with E-state index >= 15 is 0 Å². The van der Waals surface area contributed by atoms with Crippen LogP contribution in [0.15, 0.2) is 24.3 Å². The van der Waals surface area contributed by atoms with Crippen LogP contribution < -0.4 is 5.32 Å². The third kappa shape index (κ3) is 2.88. The molecule has 2 heterocycles. The molecular weight excluding hydrogens is 258 g/mol. The average Bonchev–Trinajstić information content (AvgIpc) is 2.76. The Balaban J connectivity index is 1.84. The minimum absolute atomic E-state index is 0.214. The highest BCUT2D eigenvalue weighted by Crippen LogP contribution is 2.23. The zero-order chi connectivity index (χ0) is 15.0. The van der Waals surface area contributed by atoms with Crippen molar-refractivity contribution in [2.75, 3.05) is 6.54 Å². The summed E-state index contributed by atoms with van der Waals surface area (Å²) in [5.41, 5.74) is 6.90. The first-order valence-electron chi connectivity index (χ1n) is 7.80. The maximum absolute atomic E-state index is 4.74. The summed E-state index contributed by atoms with van der Waals surface area (Å²) >= 11 is 0. The van der Waals surface area contributed by atoms with Gasteiger partial charge in [0, 0.05) is 30.8 Å². The highest BCUT2D eigenvalue weighted by molar-refractivity contribution is 5.31. The third-order valence-corrected chi connectivity index (χ3v) is 4.36. The molecule has 0 bridgehead atoms. The minimum Gasteiger partial charge on any atom is -0.312 e. The molecule has 0 saturated heterocycles. The number of nitrogens with zero attached hydrogens (tertiary/aromatic N) is 2. The quantitative estimate of drug-likeness (QED) is 0.917. The van der Waals surface area contributed by atoms with Crippen LogP contribution >= 0.6 is 0 Å². The Morgan fingerprint density at radius 1 is 1.19 bits per heavy atom. The number of aromatic nitrogens is 2. The molecule has 21 heavy (non-hydrogen) atoms. The van der Waals surface area contributed by atoms with E-state index in [1.165, 1.54) is 28.1 Å². The molecule has 3 nitrogen and oxygen atoms in total. The Hall–Kier alpha value is -1.61. The van der Waals surface area contributed by atoms with Crippen molar-refractivity contribution in [3.8, 4) is 0 Å². The molecule has 0 radical (unpaired) electrons. The molecule has 2 aromatic rings. The van der Waals surface area contributed by atoms with Crippen molar-refractivity contribution in [2.24, 2.45) is 0 Å². The van der Waals surface area contributed by atoms with Crippen LogP contribution in [0.3, 0.4) is 0 Å². The molecule has 1 aliphatic rings. The van der Waals surface area contributed by atoms with Gasteiger partial charge >= 0.3 is 0 Å². The van der Waals surface area contributed by atoms with Crippen molar-refractivity contribution in [1.82, 2.24) is 15.1 Å². The van der Waals surface area contributed by atoms with Gasteiger partial charge in [0.05, 0.1) is 12.2 Å². The van der Waals surface area contributed by atoms with Crippen LogP contribution in [0.1, 0.15) is 48.8 Å². The molecule has 3 heteroatoms. The number of hydrogen-bond donors (Lipinski definition) is 1. The SMILES string of the molecule is Cc1nn(Cc2ccc(C(C)(C)C)cc2)c2c1CNCC2. The molecule has 0 atom stereocenters. The number of nitrogens with one attached hydrogen (secondary N) is 1. The second-order valence-electron chi connectivity index (χ2n) is 7.04. The van der Waals surface area contributed by atoms with Gasteiger partial charge in [-0.25, -0.2) is 0 Å². The van der Waals surface area contributed by atoms with E-state index in [1.54, 1.807) is 0 Å². The summed E-state index contributed by atoms with van der Waals surface area (Å²) in [4.78, 5) is 0. The zero-order valence-electron chi connectivity index (χ0n) is 13.5. The molecule has 1 aromatic heterocycles. The molecule has 0 aliphatic carbocycles. The van der Waals surface area contributed by atoms with E-state index in [2.05, 4.69) is 62.0 Å². The number of rotatable bonds is 2. The highest BCUT2D eigenvalue weighted by atomic mass is 15.3. The van der Waals surface area contributed by atoms with Gasteiger partial charge in [0.2, 0.25) is 0 Å². The molecule has 112 valence electrons. The Morgan fingerprint density at radius 3 is 2.57 bits per heavy atom. The van der Waals surface area contributed by atoms with Crippen molar-refractivity contribution >= 4 is 0 Å². The lowest BCUT2D eigenvalue weighted by atomic mass is 9.87. The molecule has 3 rings (SSSR count).